The Hall–Kier alpha value is -1.77. The molecule has 4 atom stereocenters. The first-order valence-electron chi connectivity index (χ1n) is 7.52. The Morgan fingerprint density at radius 3 is 2.70 bits per heavy atom. The summed E-state index contributed by atoms with van der Waals surface area (Å²) < 4.78 is -0.606. The van der Waals surface area contributed by atoms with Crippen molar-refractivity contribution in [1.82, 2.24) is 15.5 Å². The summed E-state index contributed by atoms with van der Waals surface area (Å²) in [4.78, 5) is 48.2. The van der Waals surface area contributed by atoms with Gasteiger partial charge in [0.2, 0.25) is 17.7 Å². The Balaban J connectivity index is 1.61. The average Bonchev–Trinajstić information content (AvgIpc) is 2.95. The molecule has 3 rings (SSSR count). The summed E-state index contributed by atoms with van der Waals surface area (Å²) in [5.74, 6) is -1.75. The van der Waals surface area contributed by atoms with Crippen molar-refractivity contribution in [3.8, 4) is 0 Å². The van der Waals surface area contributed by atoms with Crippen molar-refractivity contribution >= 4 is 35.5 Å². The first-order chi connectivity index (χ1) is 10.7. The molecule has 0 aromatic heterocycles. The maximum absolute atomic E-state index is 12.2. The molecule has 3 N–H and O–H groups in total. The molecule has 3 aliphatic heterocycles. The minimum atomic E-state index is -1.03. The van der Waals surface area contributed by atoms with Gasteiger partial charge in [0.05, 0.1) is 0 Å². The topological polar surface area (TPSA) is 116 Å². The van der Waals surface area contributed by atoms with Crippen molar-refractivity contribution in [1.29, 1.82) is 0 Å². The minimum absolute atomic E-state index is 0.0638. The highest BCUT2D eigenvalue weighted by Crippen LogP contribution is 2.50. The van der Waals surface area contributed by atoms with Crippen molar-refractivity contribution in [3.63, 3.8) is 0 Å². The SMILES string of the molecule is CC1(C)S[C@@H]2[C@H](NC(=O)CC3CCC(=O)N3)C(=O)N2[C@H]1C(=O)O. The number of nitrogens with one attached hydrogen (secondary N) is 2. The normalized spacial score (nSPS) is 34.6. The highest BCUT2D eigenvalue weighted by molar-refractivity contribution is 8.01. The number of carbonyl (C=O) groups is 4. The zero-order valence-electron chi connectivity index (χ0n) is 12.9. The van der Waals surface area contributed by atoms with E-state index in [0.717, 1.165) is 0 Å². The lowest BCUT2D eigenvalue weighted by Crippen LogP contribution is -2.70. The number of hydrogen-bond donors (Lipinski definition) is 3. The lowest BCUT2D eigenvalue weighted by atomic mass is 9.96. The molecular formula is C14H19N3O5S. The molecule has 3 heterocycles. The summed E-state index contributed by atoms with van der Waals surface area (Å²) in [6.45, 7) is 3.57. The zero-order chi connectivity index (χ0) is 16.9. The van der Waals surface area contributed by atoms with Gasteiger partial charge < -0.3 is 20.6 Å². The van der Waals surface area contributed by atoms with Crippen molar-refractivity contribution in [2.24, 2.45) is 0 Å². The molecule has 3 saturated heterocycles. The summed E-state index contributed by atoms with van der Waals surface area (Å²) in [6, 6.07) is -1.76. The molecule has 8 nitrogen and oxygen atoms in total. The van der Waals surface area contributed by atoms with Crippen LogP contribution in [-0.2, 0) is 19.2 Å². The van der Waals surface area contributed by atoms with E-state index in [-0.39, 0.29) is 35.6 Å². The number of carbonyl (C=O) groups excluding carboxylic acids is 3. The summed E-state index contributed by atoms with van der Waals surface area (Å²) in [7, 11) is 0. The molecule has 23 heavy (non-hydrogen) atoms. The van der Waals surface area contributed by atoms with Gasteiger partial charge >= 0.3 is 5.97 Å². The average molecular weight is 341 g/mol. The van der Waals surface area contributed by atoms with Gasteiger partial charge in [-0.2, -0.15) is 0 Å². The van der Waals surface area contributed by atoms with Crippen LogP contribution in [0.25, 0.3) is 0 Å². The molecule has 126 valence electrons. The Kier molecular flexibility index (Phi) is 3.78. The van der Waals surface area contributed by atoms with Gasteiger partial charge in [-0.15, -0.1) is 11.8 Å². The molecule has 0 aliphatic carbocycles. The molecule has 0 bridgehead atoms. The number of fused-ring (bicyclic) bond motifs is 1. The number of rotatable bonds is 4. The summed E-state index contributed by atoms with van der Waals surface area (Å²) in [5, 5.41) is 14.4. The van der Waals surface area contributed by atoms with Gasteiger partial charge in [-0.1, -0.05) is 0 Å². The molecule has 1 unspecified atom stereocenters. The molecule has 3 amide bonds. The van der Waals surface area contributed by atoms with Gasteiger partial charge in [-0.3, -0.25) is 14.4 Å². The molecular weight excluding hydrogens is 322 g/mol. The Morgan fingerprint density at radius 2 is 2.13 bits per heavy atom. The number of β-lactam (4-membered cyclic amide) rings is 1. The fourth-order valence-electron chi connectivity index (χ4n) is 3.43. The maximum atomic E-state index is 12.2. The van der Waals surface area contributed by atoms with Crippen LogP contribution < -0.4 is 10.6 Å². The first-order valence-corrected chi connectivity index (χ1v) is 8.40. The number of amides is 3. The highest BCUT2D eigenvalue weighted by atomic mass is 32.2. The Morgan fingerprint density at radius 1 is 1.43 bits per heavy atom. The zero-order valence-corrected chi connectivity index (χ0v) is 13.7. The molecule has 0 aromatic carbocycles. The number of aliphatic carboxylic acids is 1. The Bertz CT molecular complexity index is 593. The Labute approximate surface area is 137 Å². The first kappa shape index (κ1) is 16.1. The van der Waals surface area contributed by atoms with E-state index < -0.39 is 22.8 Å². The second-order valence-electron chi connectivity index (χ2n) is 6.65. The number of thioether (sulfide) groups is 1. The van der Waals surface area contributed by atoms with E-state index in [1.165, 1.54) is 16.7 Å². The van der Waals surface area contributed by atoms with Crippen molar-refractivity contribution in [2.75, 3.05) is 0 Å². The van der Waals surface area contributed by atoms with Crippen molar-refractivity contribution in [3.05, 3.63) is 0 Å². The van der Waals surface area contributed by atoms with Gasteiger partial charge in [-0.25, -0.2) is 4.79 Å². The van der Waals surface area contributed by atoms with Crippen LogP contribution in [0.3, 0.4) is 0 Å². The highest BCUT2D eigenvalue weighted by Gasteiger charge is 2.64. The third-order valence-electron chi connectivity index (χ3n) is 4.51. The van der Waals surface area contributed by atoms with Crippen LogP contribution in [0.15, 0.2) is 0 Å². The van der Waals surface area contributed by atoms with Crippen LogP contribution in [0.2, 0.25) is 0 Å². The summed E-state index contributed by atoms with van der Waals surface area (Å²) in [5.41, 5.74) is 0. The molecule has 0 saturated carbocycles. The summed E-state index contributed by atoms with van der Waals surface area (Å²) in [6.07, 6.45) is 1.17. The van der Waals surface area contributed by atoms with Crippen LogP contribution in [0.4, 0.5) is 0 Å². The van der Waals surface area contributed by atoms with Crippen LogP contribution in [-0.4, -0.2) is 61.9 Å². The van der Waals surface area contributed by atoms with E-state index in [4.69, 9.17) is 0 Å². The van der Waals surface area contributed by atoms with Gasteiger partial charge in [0.25, 0.3) is 0 Å². The maximum Gasteiger partial charge on any atom is 0.327 e. The van der Waals surface area contributed by atoms with Crippen LogP contribution in [0, 0.1) is 0 Å². The molecule has 3 fully saturated rings. The second kappa shape index (κ2) is 5.40. The van der Waals surface area contributed by atoms with Gasteiger partial charge in [0, 0.05) is 23.6 Å². The van der Waals surface area contributed by atoms with Crippen molar-refractivity contribution < 1.29 is 24.3 Å². The second-order valence-corrected chi connectivity index (χ2v) is 8.42. The molecule has 0 spiro atoms. The summed E-state index contributed by atoms with van der Waals surface area (Å²) >= 11 is 1.39. The van der Waals surface area contributed by atoms with Crippen LogP contribution in [0.1, 0.15) is 33.1 Å². The van der Waals surface area contributed by atoms with E-state index in [2.05, 4.69) is 10.6 Å². The standard InChI is InChI=1S/C14H19N3O5S/c1-14(2)10(13(21)22)17-11(20)9(12(17)23-14)16-8(19)5-6-3-4-7(18)15-6/h6,9-10,12H,3-5H2,1-2H3,(H,15,18)(H,16,19)(H,21,22)/t6?,9-,10+,12-/m1/s1. The largest absolute Gasteiger partial charge is 0.480 e. The third kappa shape index (κ3) is 2.66. The predicted molar refractivity (Wildman–Crippen MR) is 81.4 cm³/mol. The minimum Gasteiger partial charge on any atom is -0.480 e. The lowest BCUT2D eigenvalue weighted by molar-refractivity contribution is -0.161. The fraction of sp³-hybridized carbons (Fsp3) is 0.714. The van der Waals surface area contributed by atoms with E-state index in [9.17, 15) is 24.3 Å². The van der Waals surface area contributed by atoms with Crippen LogP contribution in [0.5, 0.6) is 0 Å². The van der Waals surface area contributed by atoms with Gasteiger partial charge in [-0.05, 0) is 20.3 Å². The number of carboxylic acids is 1. The number of nitrogens with zero attached hydrogens (tertiary/aromatic N) is 1. The van der Waals surface area contributed by atoms with Gasteiger partial charge in [0.1, 0.15) is 17.5 Å². The van der Waals surface area contributed by atoms with E-state index in [0.29, 0.717) is 12.8 Å². The van der Waals surface area contributed by atoms with Crippen molar-refractivity contribution in [2.45, 2.75) is 61.4 Å². The van der Waals surface area contributed by atoms with E-state index >= 15 is 0 Å². The van der Waals surface area contributed by atoms with E-state index in [1.807, 2.05) is 0 Å². The third-order valence-corrected chi connectivity index (χ3v) is 6.08. The monoisotopic (exact) mass is 341 g/mol. The molecule has 0 aromatic rings. The molecule has 0 radical (unpaired) electrons. The number of hydrogen-bond acceptors (Lipinski definition) is 5. The molecule has 9 heteroatoms. The fourth-order valence-corrected chi connectivity index (χ4v) is 5.06. The lowest BCUT2D eigenvalue weighted by Gasteiger charge is -2.43. The van der Waals surface area contributed by atoms with Crippen LogP contribution >= 0.6 is 11.8 Å². The number of carboxylic acid groups (broad SMARTS) is 1. The molecule has 3 aliphatic rings. The quantitative estimate of drug-likeness (QED) is 0.582. The van der Waals surface area contributed by atoms with Gasteiger partial charge in [0.15, 0.2) is 0 Å². The smallest absolute Gasteiger partial charge is 0.327 e. The van der Waals surface area contributed by atoms with E-state index in [1.54, 1.807) is 13.8 Å². The predicted octanol–water partition coefficient (Wildman–Crippen LogP) is -0.713.